The summed E-state index contributed by atoms with van der Waals surface area (Å²) in [6.45, 7) is 6.88. The number of ether oxygens (including phenoxy) is 2. The fourth-order valence-electron chi connectivity index (χ4n) is 2.13. The van der Waals surface area contributed by atoms with Gasteiger partial charge in [0, 0.05) is 6.04 Å². The van der Waals surface area contributed by atoms with Gasteiger partial charge >= 0.3 is 5.97 Å². The number of hydrogen-bond acceptors (Lipinski definition) is 4. The minimum atomic E-state index is -0.122. The van der Waals surface area contributed by atoms with Gasteiger partial charge in [0.25, 0.3) is 0 Å². The minimum Gasteiger partial charge on any atom is -0.465 e. The van der Waals surface area contributed by atoms with Crippen LogP contribution in [0.25, 0.3) is 0 Å². The molecular formula is C14H27NO3. The molecule has 1 saturated heterocycles. The molecule has 0 bridgehead atoms. The van der Waals surface area contributed by atoms with E-state index in [-0.39, 0.29) is 17.9 Å². The molecule has 1 heterocycles. The number of unbranched alkanes of at least 4 members (excludes halogenated alkanes) is 3. The predicted molar refractivity (Wildman–Crippen MR) is 71.5 cm³/mol. The Balaban J connectivity index is 2.18. The van der Waals surface area contributed by atoms with Crippen LogP contribution in [0.1, 0.15) is 46.0 Å². The summed E-state index contributed by atoms with van der Waals surface area (Å²) in [5.74, 6) is -0.222. The van der Waals surface area contributed by atoms with Crippen LogP contribution in [0, 0.1) is 5.92 Å². The molecule has 2 atom stereocenters. The molecule has 0 aromatic rings. The highest BCUT2D eigenvalue weighted by Crippen LogP contribution is 2.16. The van der Waals surface area contributed by atoms with Gasteiger partial charge in [-0.1, -0.05) is 33.1 Å². The van der Waals surface area contributed by atoms with Crippen LogP contribution in [0.2, 0.25) is 0 Å². The van der Waals surface area contributed by atoms with Crippen LogP contribution in [-0.2, 0) is 14.3 Å². The van der Waals surface area contributed by atoms with Crippen LogP contribution in [-0.4, -0.2) is 38.4 Å². The summed E-state index contributed by atoms with van der Waals surface area (Å²) >= 11 is 0. The summed E-state index contributed by atoms with van der Waals surface area (Å²) in [6, 6.07) is 0.132. The Morgan fingerprint density at radius 1 is 1.22 bits per heavy atom. The summed E-state index contributed by atoms with van der Waals surface area (Å²) in [4.78, 5) is 11.9. The molecule has 0 saturated carbocycles. The van der Waals surface area contributed by atoms with Crippen LogP contribution in [0.5, 0.6) is 0 Å². The lowest BCUT2D eigenvalue weighted by Gasteiger charge is -2.17. The van der Waals surface area contributed by atoms with E-state index in [0.29, 0.717) is 19.8 Å². The Morgan fingerprint density at radius 3 is 2.78 bits per heavy atom. The van der Waals surface area contributed by atoms with Crippen LogP contribution in [0.15, 0.2) is 0 Å². The number of nitrogens with one attached hydrogen (secondary N) is 1. The van der Waals surface area contributed by atoms with Gasteiger partial charge in [0.1, 0.15) is 0 Å². The van der Waals surface area contributed by atoms with Gasteiger partial charge in [0.2, 0.25) is 0 Å². The highest BCUT2D eigenvalue weighted by molar-refractivity contribution is 5.73. The van der Waals surface area contributed by atoms with Gasteiger partial charge < -0.3 is 14.8 Å². The summed E-state index contributed by atoms with van der Waals surface area (Å²) in [6.07, 6.45) is 5.59. The van der Waals surface area contributed by atoms with E-state index in [0.717, 1.165) is 25.8 Å². The van der Waals surface area contributed by atoms with E-state index < -0.39 is 0 Å². The van der Waals surface area contributed by atoms with E-state index in [2.05, 4.69) is 19.2 Å². The average molecular weight is 257 g/mol. The van der Waals surface area contributed by atoms with Crippen molar-refractivity contribution >= 4 is 5.97 Å². The zero-order valence-corrected chi connectivity index (χ0v) is 11.7. The summed E-state index contributed by atoms with van der Waals surface area (Å²) in [5.41, 5.74) is 0. The monoisotopic (exact) mass is 257 g/mol. The van der Waals surface area contributed by atoms with Crippen molar-refractivity contribution in [1.29, 1.82) is 0 Å². The van der Waals surface area contributed by atoms with Crippen molar-refractivity contribution in [2.75, 3.05) is 26.4 Å². The topological polar surface area (TPSA) is 47.6 Å². The largest absolute Gasteiger partial charge is 0.465 e. The third-order valence-corrected chi connectivity index (χ3v) is 3.28. The lowest BCUT2D eigenvalue weighted by atomic mass is 10.0. The maximum absolute atomic E-state index is 11.9. The van der Waals surface area contributed by atoms with Gasteiger partial charge in [-0.2, -0.15) is 0 Å². The van der Waals surface area contributed by atoms with Crippen LogP contribution in [0.3, 0.4) is 0 Å². The molecule has 0 aromatic heterocycles. The number of hydrogen-bond donors (Lipinski definition) is 1. The van der Waals surface area contributed by atoms with Gasteiger partial charge in [-0.15, -0.1) is 0 Å². The van der Waals surface area contributed by atoms with Crippen molar-refractivity contribution in [3.63, 3.8) is 0 Å². The quantitative estimate of drug-likeness (QED) is 0.508. The fourth-order valence-corrected chi connectivity index (χ4v) is 2.13. The molecule has 106 valence electrons. The molecule has 1 aliphatic heterocycles. The van der Waals surface area contributed by atoms with E-state index >= 15 is 0 Å². The van der Waals surface area contributed by atoms with Gasteiger partial charge in [0.05, 0.1) is 25.7 Å². The molecule has 2 unspecified atom stereocenters. The Morgan fingerprint density at radius 2 is 2.06 bits per heavy atom. The highest BCUT2D eigenvalue weighted by atomic mass is 16.5. The van der Waals surface area contributed by atoms with E-state index in [9.17, 15) is 4.79 Å². The smallest absolute Gasteiger partial charge is 0.312 e. The van der Waals surface area contributed by atoms with E-state index in [1.807, 2.05) is 0 Å². The first-order chi connectivity index (χ1) is 8.79. The van der Waals surface area contributed by atoms with Crippen molar-refractivity contribution in [2.24, 2.45) is 5.92 Å². The second-order valence-corrected chi connectivity index (χ2v) is 4.93. The molecule has 1 N–H and O–H groups in total. The summed E-state index contributed by atoms with van der Waals surface area (Å²) in [7, 11) is 0. The number of carbonyl (C=O) groups excluding carboxylic acids is 1. The average Bonchev–Trinajstić information content (AvgIpc) is 2.84. The van der Waals surface area contributed by atoms with Crippen LogP contribution < -0.4 is 5.32 Å². The molecule has 1 fully saturated rings. The summed E-state index contributed by atoms with van der Waals surface area (Å²) in [5, 5.41) is 3.35. The summed E-state index contributed by atoms with van der Waals surface area (Å²) < 4.78 is 10.7. The molecule has 0 amide bonds. The van der Waals surface area contributed by atoms with Gasteiger partial charge in [-0.05, 0) is 19.4 Å². The number of esters is 1. The molecule has 0 spiro atoms. The predicted octanol–water partition coefficient (Wildman–Crippen LogP) is 2.12. The molecule has 4 heteroatoms. The fraction of sp³-hybridized carbons (Fsp3) is 0.929. The Kier molecular flexibility index (Phi) is 8.01. The zero-order chi connectivity index (χ0) is 13.2. The van der Waals surface area contributed by atoms with E-state index in [4.69, 9.17) is 9.47 Å². The van der Waals surface area contributed by atoms with Gasteiger partial charge in [-0.25, -0.2) is 0 Å². The van der Waals surface area contributed by atoms with Crippen LogP contribution in [0.4, 0.5) is 0 Å². The second-order valence-electron chi connectivity index (χ2n) is 4.93. The molecular weight excluding hydrogens is 230 g/mol. The first kappa shape index (κ1) is 15.4. The maximum Gasteiger partial charge on any atom is 0.312 e. The normalized spacial score (nSPS) is 23.2. The Hall–Kier alpha value is -0.610. The molecule has 1 rings (SSSR count). The van der Waals surface area contributed by atoms with Crippen LogP contribution >= 0.6 is 0 Å². The van der Waals surface area contributed by atoms with E-state index in [1.54, 1.807) is 0 Å². The molecule has 18 heavy (non-hydrogen) atoms. The highest BCUT2D eigenvalue weighted by Gasteiger charge is 2.34. The second kappa shape index (κ2) is 9.34. The van der Waals surface area contributed by atoms with Crippen molar-refractivity contribution in [3.8, 4) is 0 Å². The third kappa shape index (κ3) is 5.36. The maximum atomic E-state index is 11.9. The molecule has 0 aliphatic carbocycles. The van der Waals surface area contributed by atoms with Crippen molar-refractivity contribution < 1.29 is 14.3 Å². The third-order valence-electron chi connectivity index (χ3n) is 3.28. The van der Waals surface area contributed by atoms with Crippen molar-refractivity contribution in [1.82, 2.24) is 5.32 Å². The Labute approximate surface area is 110 Å². The van der Waals surface area contributed by atoms with Crippen molar-refractivity contribution in [2.45, 2.75) is 52.0 Å². The molecule has 1 aliphatic rings. The molecule has 0 radical (unpaired) electrons. The SMILES string of the molecule is CCCCCCOC(=O)C1COCC1NCCC. The lowest BCUT2D eigenvalue weighted by molar-refractivity contribution is -0.149. The standard InChI is InChI=1S/C14H27NO3/c1-3-5-6-7-9-18-14(16)12-10-17-11-13(12)15-8-4-2/h12-13,15H,3-11H2,1-2H3. The van der Waals surface area contributed by atoms with Crippen molar-refractivity contribution in [3.05, 3.63) is 0 Å². The first-order valence-electron chi connectivity index (χ1n) is 7.27. The van der Waals surface area contributed by atoms with Gasteiger partial charge in [0.15, 0.2) is 0 Å². The first-order valence-corrected chi connectivity index (χ1v) is 7.27. The number of carbonyl (C=O) groups is 1. The van der Waals surface area contributed by atoms with E-state index in [1.165, 1.54) is 12.8 Å². The Bertz CT molecular complexity index is 233. The van der Waals surface area contributed by atoms with Gasteiger partial charge in [-0.3, -0.25) is 4.79 Å². The molecule has 4 nitrogen and oxygen atoms in total. The zero-order valence-electron chi connectivity index (χ0n) is 11.7. The lowest BCUT2D eigenvalue weighted by Crippen LogP contribution is -2.40. The molecule has 0 aromatic carbocycles. The number of rotatable bonds is 9. The minimum absolute atomic E-state index is 0.0994.